The van der Waals surface area contributed by atoms with E-state index in [2.05, 4.69) is 10.2 Å². The van der Waals surface area contributed by atoms with Crippen molar-refractivity contribution in [2.45, 2.75) is 26.4 Å². The maximum Gasteiger partial charge on any atom is 0.264 e. The molecule has 0 saturated carbocycles. The quantitative estimate of drug-likeness (QED) is 0.716. The normalized spacial score (nSPS) is 11.9. The molecule has 1 unspecified atom stereocenters. The van der Waals surface area contributed by atoms with E-state index in [-0.39, 0.29) is 29.4 Å². The molecule has 0 aromatic carbocycles. The summed E-state index contributed by atoms with van der Waals surface area (Å²) in [5, 5.41) is 5.70. The zero-order valence-electron chi connectivity index (χ0n) is 9.02. The Morgan fingerprint density at radius 2 is 2.19 bits per heavy atom. The molecule has 6 heteroatoms. The molecule has 0 saturated heterocycles. The number of nitrogens with zero attached hydrogens (tertiary/aromatic N) is 1. The fourth-order valence-corrected chi connectivity index (χ4v) is 1.08. The van der Waals surface area contributed by atoms with Gasteiger partial charge in [-0.15, -0.1) is 5.10 Å². The van der Waals surface area contributed by atoms with E-state index >= 15 is 0 Å². The molecule has 16 heavy (non-hydrogen) atoms. The molecule has 0 fully saturated rings. The predicted molar refractivity (Wildman–Crippen MR) is 55.3 cm³/mol. The maximum atomic E-state index is 11.4. The lowest BCUT2D eigenvalue weighted by atomic mass is 10.1. The van der Waals surface area contributed by atoms with Gasteiger partial charge in [-0.3, -0.25) is 14.4 Å². The van der Waals surface area contributed by atoms with E-state index in [0.29, 0.717) is 0 Å². The molecule has 0 radical (unpaired) electrons. The Balaban J connectivity index is 2.83. The number of nitrogens with one attached hydrogen (secondary N) is 1. The highest BCUT2D eigenvalue weighted by atomic mass is 16.5. The first-order chi connectivity index (χ1) is 7.54. The molecule has 0 amide bonds. The topological polar surface area (TPSA) is 89.1 Å². The van der Waals surface area contributed by atoms with Crippen molar-refractivity contribution in [1.29, 1.82) is 0 Å². The fourth-order valence-electron chi connectivity index (χ4n) is 1.08. The SMILES string of the molecule is CCC(=O)C(Oc1ccc(=O)[nH]n1)C(C)=O. The van der Waals surface area contributed by atoms with Gasteiger partial charge in [-0.05, 0) is 6.92 Å². The van der Waals surface area contributed by atoms with Gasteiger partial charge in [0.25, 0.3) is 5.56 Å². The highest BCUT2D eigenvalue weighted by molar-refractivity contribution is 6.04. The van der Waals surface area contributed by atoms with E-state index < -0.39 is 6.10 Å². The number of rotatable bonds is 5. The molecular formula is C10H12N2O4. The van der Waals surface area contributed by atoms with Crippen molar-refractivity contribution in [2.24, 2.45) is 0 Å². The van der Waals surface area contributed by atoms with E-state index in [1.54, 1.807) is 6.92 Å². The Morgan fingerprint density at radius 3 is 2.62 bits per heavy atom. The zero-order valence-corrected chi connectivity index (χ0v) is 9.02. The van der Waals surface area contributed by atoms with Gasteiger partial charge in [-0.2, -0.15) is 0 Å². The van der Waals surface area contributed by atoms with Crippen LogP contribution in [0.5, 0.6) is 5.88 Å². The fraction of sp³-hybridized carbons (Fsp3) is 0.400. The number of hydrogen-bond donors (Lipinski definition) is 1. The zero-order chi connectivity index (χ0) is 12.1. The van der Waals surface area contributed by atoms with Crippen LogP contribution in [0.1, 0.15) is 20.3 Å². The lowest BCUT2D eigenvalue weighted by Gasteiger charge is -2.12. The minimum Gasteiger partial charge on any atom is -0.457 e. The smallest absolute Gasteiger partial charge is 0.264 e. The molecule has 0 bridgehead atoms. The van der Waals surface area contributed by atoms with Crippen molar-refractivity contribution < 1.29 is 14.3 Å². The molecule has 1 aromatic rings. The predicted octanol–water partition coefficient (Wildman–Crippen LogP) is 0.0854. The summed E-state index contributed by atoms with van der Waals surface area (Å²) >= 11 is 0. The van der Waals surface area contributed by atoms with Gasteiger partial charge in [-0.1, -0.05) is 6.92 Å². The second-order valence-corrected chi connectivity index (χ2v) is 3.19. The summed E-state index contributed by atoms with van der Waals surface area (Å²) in [4.78, 5) is 33.3. The Kier molecular flexibility index (Phi) is 3.93. The van der Waals surface area contributed by atoms with Crippen molar-refractivity contribution in [1.82, 2.24) is 10.2 Å². The Labute approximate surface area is 91.6 Å². The molecule has 1 heterocycles. The third-order valence-electron chi connectivity index (χ3n) is 1.90. The van der Waals surface area contributed by atoms with Crippen molar-refractivity contribution >= 4 is 11.6 Å². The molecule has 0 aliphatic heterocycles. The van der Waals surface area contributed by atoms with Gasteiger partial charge in [0, 0.05) is 18.6 Å². The minimum absolute atomic E-state index is 0.0431. The highest BCUT2D eigenvalue weighted by Crippen LogP contribution is 2.07. The molecule has 1 N–H and O–H groups in total. The molecule has 86 valence electrons. The third-order valence-corrected chi connectivity index (χ3v) is 1.90. The average Bonchev–Trinajstić information content (AvgIpc) is 2.27. The summed E-state index contributed by atoms with van der Waals surface area (Å²) in [6.45, 7) is 2.91. The first kappa shape index (κ1) is 12.1. The van der Waals surface area contributed by atoms with Crippen molar-refractivity contribution in [3.05, 3.63) is 22.5 Å². The number of ether oxygens (including phenoxy) is 1. The van der Waals surface area contributed by atoms with Crippen LogP contribution in [0.3, 0.4) is 0 Å². The van der Waals surface area contributed by atoms with Crippen LogP contribution in [0.2, 0.25) is 0 Å². The molecule has 0 aliphatic rings. The summed E-state index contributed by atoms with van der Waals surface area (Å²) in [5.41, 5.74) is -0.381. The molecule has 1 aromatic heterocycles. The van der Waals surface area contributed by atoms with Gasteiger partial charge in [0.15, 0.2) is 11.6 Å². The van der Waals surface area contributed by atoms with Crippen molar-refractivity contribution in [3.8, 4) is 5.88 Å². The number of aromatic nitrogens is 2. The standard InChI is InChI=1S/C10H12N2O4/c1-3-7(14)10(6(2)13)16-9-5-4-8(15)11-12-9/h4-5,10H,3H2,1-2H3,(H,11,15). The first-order valence-corrected chi connectivity index (χ1v) is 4.80. The monoisotopic (exact) mass is 224 g/mol. The van der Waals surface area contributed by atoms with Crippen molar-refractivity contribution in [3.63, 3.8) is 0 Å². The van der Waals surface area contributed by atoms with Gasteiger partial charge in [0.2, 0.25) is 12.0 Å². The van der Waals surface area contributed by atoms with E-state index in [0.717, 1.165) is 0 Å². The van der Waals surface area contributed by atoms with Gasteiger partial charge in [-0.25, -0.2) is 5.10 Å². The number of H-pyrrole nitrogens is 1. The summed E-state index contributed by atoms with van der Waals surface area (Å²) in [7, 11) is 0. The van der Waals surface area contributed by atoms with Gasteiger partial charge >= 0.3 is 0 Å². The minimum atomic E-state index is -1.15. The van der Waals surface area contributed by atoms with Crippen LogP contribution in [0, 0.1) is 0 Å². The molecular weight excluding hydrogens is 212 g/mol. The number of Topliss-reactive ketones (excluding diaryl/α,β-unsaturated/α-hetero) is 2. The number of aromatic amines is 1. The summed E-state index contributed by atoms with van der Waals surface area (Å²) in [6.07, 6.45) is -0.948. The number of ketones is 2. The summed E-state index contributed by atoms with van der Waals surface area (Å²) in [6, 6.07) is 2.51. The second kappa shape index (κ2) is 5.20. The Morgan fingerprint density at radius 1 is 1.50 bits per heavy atom. The van der Waals surface area contributed by atoms with Gasteiger partial charge < -0.3 is 4.74 Å². The van der Waals surface area contributed by atoms with Crippen LogP contribution >= 0.6 is 0 Å². The van der Waals surface area contributed by atoms with Crippen LogP contribution in [0.25, 0.3) is 0 Å². The van der Waals surface area contributed by atoms with Crippen LogP contribution in [0.4, 0.5) is 0 Å². The molecule has 0 aliphatic carbocycles. The van der Waals surface area contributed by atoms with Crippen LogP contribution in [-0.4, -0.2) is 27.9 Å². The van der Waals surface area contributed by atoms with Crippen LogP contribution in [-0.2, 0) is 9.59 Å². The van der Waals surface area contributed by atoms with Crippen molar-refractivity contribution in [2.75, 3.05) is 0 Å². The second-order valence-electron chi connectivity index (χ2n) is 3.19. The molecule has 1 rings (SSSR count). The van der Waals surface area contributed by atoms with Gasteiger partial charge in [0.1, 0.15) is 0 Å². The Bertz CT molecular complexity index is 432. The number of hydrogen-bond acceptors (Lipinski definition) is 5. The first-order valence-electron chi connectivity index (χ1n) is 4.80. The van der Waals surface area contributed by atoms with Crippen LogP contribution in [0.15, 0.2) is 16.9 Å². The molecule has 0 spiro atoms. The van der Waals surface area contributed by atoms with E-state index in [4.69, 9.17) is 4.74 Å². The van der Waals surface area contributed by atoms with Gasteiger partial charge in [0.05, 0.1) is 0 Å². The number of carbonyl (C=O) groups excluding carboxylic acids is 2. The lowest BCUT2D eigenvalue weighted by molar-refractivity contribution is -0.135. The average molecular weight is 224 g/mol. The Hall–Kier alpha value is -1.98. The highest BCUT2D eigenvalue weighted by Gasteiger charge is 2.23. The summed E-state index contributed by atoms with van der Waals surface area (Å²) < 4.78 is 5.10. The van der Waals surface area contributed by atoms with E-state index in [9.17, 15) is 14.4 Å². The van der Waals surface area contributed by atoms with Crippen LogP contribution < -0.4 is 10.3 Å². The molecule has 1 atom stereocenters. The molecule has 6 nitrogen and oxygen atoms in total. The maximum absolute atomic E-state index is 11.4. The van der Waals surface area contributed by atoms with E-state index in [1.807, 2.05) is 0 Å². The number of carbonyl (C=O) groups is 2. The largest absolute Gasteiger partial charge is 0.457 e. The lowest BCUT2D eigenvalue weighted by Crippen LogP contribution is -2.34. The van der Waals surface area contributed by atoms with E-state index in [1.165, 1.54) is 19.1 Å². The summed E-state index contributed by atoms with van der Waals surface area (Å²) in [5.74, 6) is -0.665. The third kappa shape index (κ3) is 3.01.